The first-order valence-corrected chi connectivity index (χ1v) is 13.3. The van der Waals surface area contributed by atoms with E-state index >= 15 is 0 Å². The van der Waals surface area contributed by atoms with Crippen LogP contribution in [0.5, 0.6) is 0 Å². The van der Waals surface area contributed by atoms with Crippen molar-refractivity contribution in [2.24, 2.45) is 0 Å². The highest BCUT2D eigenvalue weighted by Gasteiger charge is 2.31. The van der Waals surface area contributed by atoms with E-state index in [1.54, 1.807) is 19.1 Å². The van der Waals surface area contributed by atoms with E-state index in [-0.39, 0.29) is 28.4 Å². The van der Waals surface area contributed by atoms with Gasteiger partial charge < -0.3 is 10.6 Å². The molecule has 2 aromatic rings. The van der Waals surface area contributed by atoms with Crippen LogP contribution in [0.25, 0.3) is 0 Å². The molecule has 10 heteroatoms. The number of hydrogen-bond donors (Lipinski definition) is 2. The minimum absolute atomic E-state index is 0.0401. The van der Waals surface area contributed by atoms with Crippen LogP contribution in [0.2, 0.25) is 5.02 Å². The van der Waals surface area contributed by atoms with Crippen molar-refractivity contribution >= 4 is 51.5 Å². The van der Waals surface area contributed by atoms with Crippen molar-refractivity contribution in [2.45, 2.75) is 51.6 Å². The molecule has 188 valence electrons. The smallest absolute Gasteiger partial charge is 0.243 e. The normalized spacial score (nSPS) is 15.3. The maximum absolute atomic E-state index is 13.7. The summed E-state index contributed by atoms with van der Waals surface area (Å²) in [4.78, 5) is 39.6. The molecule has 35 heavy (non-hydrogen) atoms. The Balaban J connectivity index is 1.70. The highest BCUT2D eigenvalue weighted by molar-refractivity contribution is 7.86. The van der Waals surface area contributed by atoms with Gasteiger partial charge in [-0.05, 0) is 57.0 Å². The molecule has 0 heterocycles. The van der Waals surface area contributed by atoms with Gasteiger partial charge in [-0.1, -0.05) is 42.1 Å². The third kappa shape index (κ3) is 7.60. The van der Waals surface area contributed by atoms with Crippen molar-refractivity contribution in [1.82, 2.24) is 5.32 Å². The Labute approximate surface area is 211 Å². The summed E-state index contributed by atoms with van der Waals surface area (Å²) in [5.41, 5.74) is 1.80. The number of nitrogens with zero attached hydrogens (tertiary/aromatic N) is 1. The van der Waals surface area contributed by atoms with Gasteiger partial charge in [-0.15, -0.1) is 0 Å². The second-order valence-electron chi connectivity index (χ2n) is 8.67. The van der Waals surface area contributed by atoms with E-state index in [9.17, 15) is 23.0 Å². The third-order valence-electron chi connectivity index (χ3n) is 5.83. The van der Waals surface area contributed by atoms with Gasteiger partial charge in [-0.3, -0.25) is 23.5 Å². The molecule has 2 N–H and O–H groups in total. The minimum atomic E-state index is -1.84. The lowest BCUT2D eigenvalue weighted by Crippen LogP contribution is -2.51. The summed E-state index contributed by atoms with van der Waals surface area (Å²) in [6, 6.07) is 9.90. The molecule has 0 aliphatic heterocycles. The molecule has 0 aromatic heterocycles. The second kappa shape index (κ2) is 12.3. The van der Waals surface area contributed by atoms with E-state index in [1.165, 1.54) is 12.1 Å². The van der Waals surface area contributed by atoms with E-state index in [0.717, 1.165) is 42.2 Å². The van der Waals surface area contributed by atoms with Crippen molar-refractivity contribution in [3.8, 4) is 0 Å². The Bertz CT molecular complexity index is 1110. The van der Waals surface area contributed by atoms with Gasteiger partial charge in [-0.2, -0.15) is 0 Å². The summed E-state index contributed by atoms with van der Waals surface area (Å²) in [5, 5.41) is 5.39. The number of halogens is 2. The first-order valence-electron chi connectivity index (χ1n) is 11.4. The topological polar surface area (TPSA) is 95.6 Å². The molecule has 7 nitrogen and oxygen atoms in total. The van der Waals surface area contributed by atoms with Crippen LogP contribution >= 0.6 is 11.6 Å². The van der Waals surface area contributed by atoms with Crippen molar-refractivity contribution in [3.05, 3.63) is 58.9 Å². The zero-order chi connectivity index (χ0) is 25.5. The van der Waals surface area contributed by atoms with Crippen LogP contribution < -0.4 is 15.5 Å². The van der Waals surface area contributed by atoms with Gasteiger partial charge in [0.15, 0.2) is 0 Å². The molecule has 0 spiro atoms. The van der Waals surface area contributed by atoms with Crippen LogP contribution in [0.3, 0.4) is 0 Å². The summed E-state index contributed by atoms with van der Waals surface area (Å²) in [5.74, 6) is -3.04. The van der Waals surface area contributed by atoms with Crippen LogP contribution in [0.15, 0.2) is 42.5 Å². The summed E-state index contributed by atoms with van der Waals surface area (Å²) >= 11 is 5.92. The maximum atomic E-state index is 13.7. The fourth-order valence-electron chi connectivity index (χ4n) is 3.97. The molecule has 1 fully saturated rings. The van der Waals surface area contributed by atoms with Crippen molar-refractivity contribution in [1.29, 1.82) is 0 Å². The van der Waals surface area contributed by atoms with Crippen molar-refractivity contribution < 1.29 is 23.0 Å². The Morgan fingerprint density at radius 2 is 1.77 bits per heavy atom. The lowest BCUT2D eigenvalue weighted by molar-refractivity contribution is -0.125. The molecule has 3 amide bonds. The fourth-order valence-corrected chi connectivity index (χ4v) is 5.02. The first-order chi connectivity index (χ1) is 16.6. The number of amides is 3. The number of benzene rings is 2. The molecule has 2 aromatic carbocycles. The first kappa shape index (κ1) is 26.8. The number of aryl methyl sites for hydroxylation is 1. The largest absolute Gasteiger partial charge is 0.352 e. The minimum Gasteiger partial charge on any atom is -0.352 e. The van der Waals surface area contributed by atoms with E-state index in [0.29, 0.717) is 5.69 Å². The van der Waals surface area contributed by atoms with Crippen molar-refractivity contribution in [3.63, 3.8) is 0 Å². The molecule has 0 saturated heterocycles. The van der Waals surface area contributed by atoms with Crippen LogP contribution in [0.1, 0.15) is 38.2 Å². The average molecular weight is 522 g/mol. The van der Waals surface area contributed by atoms with E-state index in [1.807, 2.05) is 19.1 Å². The Hall–Kier alpha value is -2.78. The van der Waals surface area contributed by atoms with Gasteiger partial charge in [0.2, 0.25) is 17.7 Å². The molecule has 3 rings (SSSR count). The van der Waals surface area contributed by atoms with Gasteiger partial charge >= 0.3 is 0 Å². The van der Waals surface area contributed by atoms with Gasteiger partial charge in [0.1, 0.15) is 23.4 Å². The molecule has 0 bridgehead atoms. The number of carbonyl (C=O) groups is 3. The summed E-state index contributed by atoms with van der Waals surface area (Å²) in [7, 11) is -1.84. The molecular formula is C25H29ClFN3O4S. The van der Waals surface area contributed by atoms with Crippen LogP contribution in [-0.4, -0.2) is 45.5 Å². The van der Waals surface area contributed by atoms with Crippen LogP contribution in [-0.2, 0) is 25.2 Å². The maximum Gasteiger partial charge on any atom is 0.243 e. The van der Waals surface area contributed by atoms with E-state index < -0.39 is 40.2 Å². The summed E-state index contributed by atoms with van der Waals surface area (Å²) in [6.45, 7) is 3.47. The average Bonchev–Trinajstić information content (AvgIpc) is 3.30. The Kier molecular flexibility index (Phi) is 9.40. The molecule has 1 aliphatic rings. The third-order valence-corrected chi connectivity index (χ3v) is 7.27. The number of anilines is 2. The van der Waals surface area contributed by atoms with Gasteiger partial charge in [0.05, 0.1) is 5.02 Å². The van der Waals surface area contributed by atoms with Crippen LogP contribution in [0.4, 0.5) is 15.8 Å². The zero-order valence-corrected chi connectivity index (χ0v) is 21.3. The Morgan fingerprint density at radius 3 is 2.40 bits per heavy atom. The molecule has 2 atom stereocenters. The SMILES string of the molecule is Cc1ccc(NC(=O)CS(=O)CC(=O)N(c2ccc(F)c(Cl)c2)C(C)C(=O)NC2CCCC2)cc1. The monoisotopic (exact) mass is 521 g/mol. The highest BCUT2D eigenvalue weighted by Crippen LogP contribution is 2.25. The Morgan fingerprint density at radius 1 is 1.11 bits per heavy atom. The highest BCUT2D eigenvalue weighted by atomic mass is 35.5. The van der Waals surface area contributed by atoms with Crippen molar-refractivity contribution in [2.75, 3.05) is 21.7 Å². The molecule has 2 unspecified atom stereocenters. The number of hydrogen-bond acceptors (Lipinski definition) is 4. The second-order valence-corrected chi connectivity index (χ2v) is 10.5. The molecule has 0 radical (unpaired) electrons. The van der Waals surface area contributed by atoms with E-state index in [4.69, 9.17) is 11.6 Å². The predicted octanol–water partition coefficient (Wildman–Crippen LogP) is 3.96. The lowest BCUT2D eigenvalue weighted by Gasteiger charge is -2.29. The molecule has 1 saturated carbocycles. The lowest BCUT2D eigenvalue weighted by atomic mass is 10.1. The summed E-state index contributed by atoms with van der Waals surface area (Å²) < 4.78 is 26.4. The standard InChI is InChI=1S/C25H29ClFN3O4S/c1-16-7-9-19(10-8-16)28-23(31)14-35(34)15-24(32)30(20-11-12-22(27)21(26)13-20)17(2)25(33)29-18-5-3-4-6-18/h7-13,17-18H,3-6,14-15H2,1-2H3,(H,28,31)(H,29,33). The predicted molar refractivity (Wildman–Crippen MR) is 136 cm³/mol. The van der Waals surface area contributed by atoms with E-state index in [2.05, 4.69) is 10.6 Å². The van der Waals surface area contributed by atoms with Gasteiger partial charge in [0.25, 0.3) is 0 Å². The fraction of sp³-hybridized carbons (Fsp3) is 0.400. The number of rotatable bonds is 9. The zero-order valence-electron chi connectivity index (χ0n) is 19.7. The van der Waals surface area contributed by atoms with Gasteiger partial charge in [-0.25, -0.2) is 4.39 Å². The molecule has 1 aliphatic carbocycles. The van der Waals surface area contributed by atoms with Gasteiger partial charge in [0, 0.05) is 28.2 Å². The summed E-state index contributed by atoms with van der Waals surface area (Å²) in [6.07, 6.45) is 3.79. The molecular weight excluding hydrogens is 493 g/mol. The number of carbonyl (C=O) groups excluding carboxylic acids is 3. The quantitative estimate of drug-likeness (QED) is 0.522. The number of nitrogens with one attached hydrogen (secondary N) is 2. The van der Waals surface area contributed by atoms with Crippen LogP contribution in [0, 0.1) is 12.7 Å².